The van der Waals surface area contributed by atoms with Crippen LogP contribution in [0.15, 0.2) is 48.5 Å². The zero-order valence-corrected chi connectivity index (χ0v) is 13.3. The molecule has 4 nitrogen and oxygen atoms in total. The molecule has 0 bridgehead atoms. The Morgan fingerprint density at radius 3 is 2.87 bits per heavy atom. The van der Waals surface area contributed by atoms with Gasteiger partial charge in [0.15, 0.2) is 0 Å². The average molecular weight is 329 g/mol. The first kappa shape index (κ1) is 15.6. The molecule has 0 saturated heterocycles. The minimum atomic E-state index is -0.171. The molecule has 1 heterocycles. The maximum Gasteiger partial charge on any atom is 0.227 e. The van der Waals surface area contributed by atoms with Crippen LogP contribution in [-0.2, 0) is 16.0 Å². The second-order valence-corrected chi connectivity index (χ2v) is 6.08. The quantitative estimate of drug-likeness (QED) is 0.895. The molecule has 2 aromatic carbocycles. The van der Waals surface area contributed by atoms with Crippen molar-refractivity contribution < 1.29 is 9.59 Å². The molecule has 0 aliphatic carbocycles. The van der Waals surface area contributed by atoms with E-state index >= 15 is 0 Å². The second-order valence-electron chi connectivity index (χ2n) is 5.64. The van der Waals surface area contributed by atoms with Crippen LogP contribution in [0.5, 0.6) is 0 Å². The summed E-state index contributed by atoms with van der Waals surface area (Å²) < 4.78 is 0. The first-order valence-corrected chi connectivity index (χ1v) is 7.94. The summed E-state index contributed by atoms with van der Waals surface area (Å²) in [5, 5.41) is 6.28. The second kappa shape index (κ2) is 6.84. The predicted octanol–water partition coefficient (Wildman–Crippen LogP) is 3.87. The van der Waals surface area contributed by atoms with E-state index in [1.165, 1.54) is 0 Å². The first-order valence-electron chi connectivity index (χ1n) is 7.56. The third-order valence-corrected chi connectivity index (χ3v) is 4.18. The summed E-state index contributed by atoms with van der Waals surface area (Å²) in [5.41, 5.74) is 2.66. The fourth-order valence-electron chi connectivity index (χ4n) is 2.74. The number of benzene rings is 2. The Bertz CT molecular complexity index is 745. The lowest BCUT2D eigenvalue weighted by atomic mass is 9.89. The SMILES string of the molecule is O=C(CCC1Cc2ccccc2NC1=O)Nc1cccc(Cl)c1. The minimum Gasteiger partial charge on any atom is -0.326 e. The number of nitrogens with one attached hydrogen (secondary N) is 2. The molecule has 2 amide bonds. The Hall–Kier alpha value is -2.33. The zero-order chi connectivity index (χ0) is 16.2. The Kier molecular flexibility index (Phi) is 4.63. The largest absolute Gasteiger partial charge is 0.326 e. The molecule has 5 heteroatoms. The monoisotopic (exact) mass is 328 g/mol. The van der Waals surface area contributed by atoms with Gasteiger partial charge in [-0.05, 0) is 42.7 Å². The molecule has 0 saturated carbocycles. The summed E-state index contributed by atoms with van der Waals surface area (Å²) in [4.78, 5) is 24.1. The van der Waals surface area contributed by atoms with Crippen molar-refractivity contribution in [3.05, 3.63) is 59.1 Å². The molecule has 118 valence electrons. The number of anilines is 2. The Balaban J connectivity index is 1.56. The molecule has 0 aromatic heterocycles. The number of carbonyl (C=O) groups is 2. The summed E-state index contributed by atoms with van der Waals surface area (Å²) >= 11 is 5.89. The van der Waals surface area contributed by atoms with Crippen LogP contribution in [0.3, 0.4) is 0 Å². The molecular weight excluding hydrogens is 312 g/mol. The van der Waals surface area contributed by atoms with Crippen LogP contribution in [0.2, 0.25) is 5.02 Å². The lowest BCUT2D eigenvalue weighted by Gasteiger charge is -2.24. The highest BCUT2D eigenvalue weighted by molar-refractivity contribution is 6.30. The molecule has 0 fully saturated rings. The number of hydrogen-bond donors (Lipinski definition) is 2. The van der Waals surface area contributed by atoms with E-state index in [-0.39, 0.29) is 17.7 Å². The van der Waals surface area contributed by atoms with Gasteiger partial charge in [-0.2, -0.15) is 0 Å². The van der Waals surface area contributed by atoms with Crippen LogP contribution >= 0.6 is 11.6 Å². The lowest BCUT2D eigenvalue weighted by Crippen LogP contribution is -2.30. The fraction of sp³-hybridized carbons (Fsp3) is 0.222. The van der Waals surface area contributed by atoms with Gasteiger partial charge in [0.05, 0.1) is 0 Å². The van der Waals surface area contributed by atoms with Crippen LogP contribution in [0.4, 0.5) is 11.4 Å². The highest BCUT2D eigenvalue weighted by atomic mass is 35.5. The van der Waals surface area contributed by atoms with Crippen molar-refractivity contribution in [3.8, 4) is 0 Å². The fourth-order valence-corrected chi connectivity index (χ4v) is 2.93. The molecule has 1 atom stereocenters. The number of fused-ring (bicyclic) bond motifs is 1. The predicted molar refractivity (Wildman–Crippen MR) is 91.6 cm³/mol. The normalized spacial score (nSPS) is 16.4. The van der Waals surface area contributed by atoms with Crippen molar-refractivity contribution in [1.82, 2.24) is 0 Å². The summed E-state index contributed by atoms with van der Waals surface area (Å²) in [6, 6.07) is 14.8. The van der Waals surface area contributed by atoms with Crippen molar-refractivity contribution in [2.45, 2.75) is 19.3 Å². The number of halogens is 1. The van der Waals surface area contributed by atoms with Crippen LogP contribution < -0.4 is 10.6 Å². The van der Waals surface area contributed by atoms with Crippen molar-refractivity contribution in [1.29, 1.82) is 0 Å². The van der Waals surface area contributed by atoms with E-state index in [1.54, 1.807) is 24.3 Å². The third-order valence-electron chi connectivity index (χ3n) is 3.94. The maximum absolute atomic E-state index is 12.1. The first-order chi connectivity index (χ1) is 11.1. The Morgan fingerprint density at radius 1 is 1.22 bits per heavy atom. The molecule has 2 N–H and O–H groups in total. The van der Waals surface area contributed by atoms with E-state index in [2.05, 4.69) is 10.6 Å². The van der Waals surface area contributed by atoms with Gasteiger partial charge in [0.1, 0.15) is 0 Å². The number of hydrogen-bond acceptors (Lipinski definition) is 2. The third kappa shape index (κ3) is 3.90. The van der Waals surface area contributed by atoms with Crippen LogP contribution in [0, 0.1) is 5.92 Å². The van der Waals surface area contributed by atoms with Gasteiger partial charge in [-0.3, -0.25) is 9.59 Å². The van der Waals surface area contributed by atoms with Gasteiger partial charge in [-0.1, -0.05) is 35.9 Å². The summed E-state index contributed by atoms with van der Waals surface area (Å²) in [6.45, 7) is 0. The van der Waals surface area contributed by atoms with E-state index in [9.17, 15) is 9.59 Å². The van der Waals surface area contributed by atoms with Gasteiger partial charge < -0.3 is 10.6 Å². The maximum atomic E-state index is 12.1. The molecule has 1 aliphatic heterocycles. The summed E-state index contributed by atoms with van der Waals surface area (Å²) in [6.07, 6.45) is 1.49. The van der Waals surface area contributed by atoms with E-state index in [0.29, 0.717) is 30.0 Å². The van der Waals surface area contributed by atoms with Crippen molar-refractivity contribution in [2.24, 2.45) is 5.92 Å². The van der Waals surface area contributed by atoms with E-state index in [1.807, 2.05) is 24.3 Å². The van der Waals surface area contributed by atoms with Gasteiger partial charge in [0.2, 0.25) is 11.8 Å². The zero-order valence-electron chi connectivity index (χ0n) is 12.5. The Morgan fingerprint density at radius 2 is 2.04 bits per heavy atom. The molecule has 0 spiro atoms. The topological polar surface area (TPSA) is 58.2 Å². The molecule has 1 unspecified atom stereocenters. The van der Waals surface area contributed by atoms with Crippen LogP contribution in [0.1, 0.15) is 18.4 Å². The van der Waals surface area contributed by atoms with E-state index < -0.39 is 0 Å². The highest BCUT2D eigenvalue weighted by Gasteiger charge is 2.26. The average Bonchev–Trinajstić information content (AvgIpc) is 2.53. The lowest BCUT2D eigenvalue weighted by molar-refractivity contribution is -0.121. The van der Waals surface area contributed by atoms with Gasteiger partial charge in [0, 0.05) is 28.7 Å². The summed E-state index contributed by atoms with van der Waals surface area (Å²) in [7, 11) is 0. The molecule has 2 aromatic rings. The van der Waals surface area contributed by atoms with Gasteiger partial charge in [-0.15, -0.1) is 0 Å². The minimum absolute atomic E-state index is 0.0146. The molecule has 0 radical (unpaired) electrons. The standard InChI is InChI=1S/C18H17ClN2O2/c19-14-5-3-6-15(11-14)20-17(22)9-8-13-10-12-4-1-2-7-16(12)21-18(13)23/h1-7,11,13H,8-10H2,(H,20,22)(H,21,23). The Labute approximate surface area is 139 Å². The molecule has 23 heavy (non-hydrogen) atoms. The number of rotatable bonds is 4. The molecular formula is C18H17ClN2O2. The summed E-state index contributed by atoms with van der Waals surface area (Å²) in [5.74, 6) is -0.298. The van der Waals surface area contributed by atoms with Crippen LogP contribution in [-0.4, -0.2) is 11.8 Å². The number of carbonyl (C=O) groups excluding carboxylic acids is 2. The van der Waals surface area contributed by atoms with E-state index in [0.717, 1.165) is 11.3 Å². The number of para-hydroxylation sites is 1. The van der Waals surface area contributed by atoms with E-state index in [4.69, 9.17) is 11.6 Å². The van der Waals surface area contributed by atoms with Crippen molar-refractivity contribution >= 4 is 34.8 Å². The van der Waals surface area contributed by atoms with Gasteiger partial charge in [-0.25, -0.2) is 0 Å². The van der Waals surface area contributed by atoms with Gasteiger partial charge >= 0.3 is 0 Å². The molecule has 1 aliphatic rings. The van der Waals surface area contributed by atoms with Crippen molar-refractivity contribution in [2.75, 3.05) is 10.6 Å². The smallest absolute Gasteiger partial charge is 0.227 e. The highest BCUT2D eigenvalue weighted by Crippen LogP contribution is 2.27. The van der Waals surface area contributed by atoms with Gasteiger partial charge in [0.25, 0.3) is 0 Å². The molecule has 3 rings (SSSR count). The van der Waals surface area contributed by atoms with Crippen LogP contribution in [0.25, 0.3) is 0 Å². The van der Waals surface area contributed by atoms with Crippen molar-refractivity contribution in [3.63, 3.8) is 0 Å². The number of amides is 2.